The first kappa shape index (κ1) is 25.2. The lowest BCUT2D eigenvalue weighted by molar-refractivity contribution is -0.137. The predicted octanol–water partition coefficient (Wildman–Crippen LogP) is 3.57. The number of carbonyl (C=O) groups excluding carboxylic acids is 1. The number of nitrogens with zero attached hydrogens (tertiary/aromatic N) is 3. The number of carbonyl (C=O) groups is 1. The highest BCUT2D eigenvalue weighted by atomic mass is 35.5. The first-order chi connectivity index (χ1) is 16.7. The molecule has 4 rings (SSSR count). The number of aliphatic imine (C=N–C) groups is 1. The zero-order valence-electron chi connectivity index (χ0n) is 19.2. The van der Waals surface area contributed by atoms with Crippen LogP contribution < -0.4 is 5.32 Å². The van der Waals surface area contributed by atoms with Crippen LogP contribution in [-0.2, 0) is 19.8 Å². The lowest BCUT2D eigenvalue weighted by Gasteiger charge is -2.36. The van der Waals surface area contributed by atoms with Crippen LogP contribution in [0.2, 0.25) is 5.02 Å². The van der Waals surface area contributed by atoms with E-state index in [9.17, 15) is 18.0 Å². The molecule has 1 N–H and O–H groups in total. The van der Waals surface area contributed by atoms with Crippen molar-refractivity contribution < 1.29 is 27.4 Å². The Hall–Kier alpha value is -2.95. The number of rotatable bonds is 5. The molecular weight excluding hydrogens is 485 g/mol. The standard InChI is InChI=1S/C24H24ClF3N4O3/c1-24(14-4-5-17(27)16(25)10-14)20(23(33)34-2)19(13-32-6-3-8-35-9-7-32)30-22(31-24)21-18(28)11-15(26)12-29-21/h4-5,10-12H,3,6-9,13H2,1-2H3,(H,30,31). The van der Waals surface area contributed by atoms with Gasteiger partial charge in [-0.1, -0.05) is 17.7 Å². The van der Waals surface area contributed by atoms with Crippen molar-refractivity contribution in [2.24, 2.45) is 4.99 Å². The molecule has 1 saturated heterocycles. The maximum Gasteiger partial charge on any atom is 0.338 e. The quantitative estimate of drug-likeness (QED) is 0.622. The summed E-state index contributed by atoms with van der Waals surface area (Å²) in [5, 5.41) is 2.86. The minimum atomic E-state index is -1.45. The number of nitrogens with one attached hydrogen (secondary N) is 1. The molecule has 2 aromatic rings. The molecular formula is C24H24ClF3N4O3. The van der Waals surface area contributed by atoms with E-state index in [0.29, 0.717) is 43.6 Å². The summed E-state index contributed by atoms with van der Waals surface area (Å²) in [6.45, 7) is 4.33. The Morgan fingerprint density at radius 2 is 2.03 bits per heavy atom. The maximum atomic E-state index is 14.7. The average molecular weight is 509 g/mol. The van der Waals surface area contributed by atoms with Gasteiger partial charge in [0.2, 0.25) is 0 Å². The van der Waals surface area contributed by atoms with Gasteiger partial charge in [-0.05, 0) is 31.0 Å². The van der Waals surface area contributed by atoms with Crippen molar-refractivity contribution in [1.29, 1.82) is 0 Å². The summed E-state index contributed by atoms with van der Waals surface area (Å²) in [6, 6.07) is 4.67. The van der Waals surface area contributed by atoms with Crippen molar-refractivity contribution >= 4 is 23.4 Å². The van der Waals surface area contributed by atoms with Gasteiger partial charge in [0.05, 0.1) is 30.5 Å². The average Bonchev–Trinajstić information content (AvgIpc) is 3.09. The van der Waals surface area contributed by atoms with Gasteiger partial charge in [-0.25, -0.2) is 27.9 Å². The van der Waals surface area contributed by atoms with E-state index in [1.807, 2.05) is 0 Å². The van der Waals surface area contributed by atoms with Gasteiger partial charge in [0.15, 0.2) is 11.7 Å². The monoisotopic (exact) mass is 508 g/mol. The van der Waals surface area contributed by atoms with Gasteiger partial charge < -0.3 is 14.8 Å². The second kappa shape index (κ2) is 10.3. The third kappa shape index (κ3) is 5.19. The van der Waals surface area contributed by atoms with E-state index in [2.05, 4.69) is 20.2 Å². The molecule has 2 aliphatic rings. The molecule has 0 saturated carbocycles. The molecule has 2 aliphatic heterocycles. The SMILES string of the molecule is COC(=O)C1=C(CN2CCCOCC2)NC(c2ncc(F)cc2F)=NC1(C)c1ccc(F)c(Cl)c1. The van der Waals surface area contributed by atoms with Crippen LogP contribution in [0.4, 0.5) is 13.2 Å². The molecule has 186 valence electrons. The largest absolute Gasteiger partial charge is 0.466 e. The van der Waals surface area contributed by atoms with Crippen LogP contribution in [0.1, 0.15) is 24.6 Å². The Morgan fingerprint density at radius 3 is 2.74 bits per heavy atom. The Bertz CT molecular complexity index is 1200. The van der Waals surface area contributed by atoms with Crippen LogP contribution in [0, 0.1) is 17.5 Å². The smallest absolute Gasteiger partial charge is 0.338 e. The number of pyridine rings is 1. The molecule has 0 bridgehead atoms. The van der Waals surface area contributed by atoms with Crippen molar-refractivity contribution in [2.75, 3.05) is 40.0 Å². The fourth-order valence-corrected chi connectivity index (χ4v) is 4.42. The Balaban J connectivity index is 1.90. The first-order valence-electron chi connectivity index (χ1n) is 11.0. The van der Waals surface area contributed by atoms with Gasteiger partial charge in [-0.2, -0.15) is 0 Å². The van der Waals surface area contributed by atoms with Crippen molar-refractivity contribution in [3.63, 3.8) is 0 Å². The maximum absolute atomic E-state index is 14.7. The zero-order valence-corrected chi connectivity index (χ0v) is 20.0. The lowest BCUT2D eigenvalue weighted by Crippen LogP contribution is -2.45. The summed E-state index contributed by atoms with van der Waals surface area (Å²) in [6.07, 6.45) is 1.67. The third-order valence-corrected chi connectivity index (χ3v) is 6.28. The van der Waals surface area contributed by atoms with Crippen LogP contribution in [0.25, 0.3) is 0 Å². The van der Waals surface area contributed by atoms with Gasteiger partial charge in [0, 0.05) is 38.0 Å². The van der Waals surface area contributed by atoms with Gasteiger partial charge in [-0.15, -0.1) is 0 Å². The number of amidine groups is 1. The molecule has 0 radical (unpaired) electrons. The number of halogens is 4. The summed E-state index contributed by atoms with van der Waals surface area (Å²) in [4.78, 5) is 23.7. The van der Waals surface area contributed by atoms with Crippen LogP contribution in [0.15, 0.2) is 46.7 Å². The van der Waals surface area contributed by atoms with Gasteiger partial charge in [0.1, 0.15) is 22.9 Å². The van der Waals surface area contributed by atoms with E-state index in [1.54, 1.807) is 6.92 Å². The molecule has 0 aliphatic carbocycles. The second-order valence-electron chi connectivity index (χ2n) is 8.36. The molecule has 7 nitrogen and oxygen atoms in total. The van der Waals surface area contributed by atoms with Crippen molar-refractivity contribution in [3.05, 3.63) is 75.5 Å². The van der Waals surface area contributed by atoms with E-state index >= 15 is 0 Å². The van der Waals surface area contributed by atoms with E-state index in [4.69, 9.17) is 21.1 Å². The molecule has 1 fully saturated rings. The van der Waals surface area contributed by atoms with Gasteiger partial charge >= 0.3 is 5.97 Å². The van der Waals surface area contributed by atoms with E-state index in [-0.39, 0.29) is 28.7 Å². The van der Waals surface area contributed by atoms with E-state index in [0.717, 1.165) is 18.7 Å². The summed E-state index contributed by atoms with van der Waals surface area (Å²) in [5.74, 6) is -3.10. The highest BCUT2D eigenvalue weighted by Crippen LogP contribution is 2.40. The van der Waals surface area contributed by atoms with Crippen LogP contribution in [0.5, 0.6) is 0 Å². The number of esters is 1. The van der Waals surface area contributed by atoms with E-state index in [1.165, 1.54) is 19.2 Å². The molecule has 35 heavy (non-hydrogen) atoms. The van der Waals surface area contributed by atoms with Crippen LogP contribution in [0.3, 0.4) is 0 Å². The first-order valence-corrected chi connectivity index (χ1v) is 11.4. The van der Waals surface area contributed by atoms with Crippen LogP contribution >= 0.6 is 11.6 Å². The van der Waals surface area contributed by atoms with Crippen molar-refractivity contribution in [1.82, 2.24) is 15.2 Å². The number of hydrogen-bond donors (Lipinski definition) is 1. The fraction of sp³-hybridized carbons (Fsp3) is 0.375. The van der Waals surface area contributed by atoms with Crippen molar-refractivity contribution in [3.8, 4) is 0 Å². The number of hydrogen-bond acceptors (Lipinski definition) is 7. The molecule has 1 aromatic heterocycles. The summed E-state index contributed by atoms with van der Waals surface area (Å²) in [5.41, 5.74) is -0.754. The second-order valence-corrected chi connectivity index (χ2v) is 8.76. The Kier molecular flexibility index (Phi) is 7.44. The summed E-state index contributed by atoms with van der Waals surface area (Å²) in [7, 11) is 1.24. The molecule has 0 amide bonds. The zero-order chi connectivity index (χ0) is 25.2. The molecule has 1 aromatic carbocycles. The minimum Gasteiger partial charge on any atom is -0.466 e. The van der Waals surface area contributed by atoms with E-state index < -0.39 is 29.0 Å². The highest BCUT2D eigenvalue weighted by Gasteiger charge is 2.43. The number of aromatic nitrogens is 1. The highest BCUT2D eigenvalue weighted by molar-refractivity contribution is 6.30. The lowest BCUT2D eigenvalue weighted by atomic mass is 9.82. The third-order valence-electron chi connectivity index (χ3n) is 5.99. The number of ether oxygens (including phenoxy) is 2. The number of benzene rings is 1. The molecule has 11 heteroatoms. The van der Waals surface area contributed by atoms with Crippen LogP contribution in [-0.4, -0.2) is 61.6 Å². The summed E-state index contributed by atoms with van der Waals surface area (Å²) >= 11 is 6.05. The molecule has 1 unspecified atom stereocenters. The number of methoxy groups -OCH3 is 1. The van der Waals surface area contributed by atoms with Gasteiger partial charge in [-0.3, -0.25) is 4.90 Å². The Labute approximate surface area is 205 Å². The molecule has 0 spiro atoms. The van der Waals surface area contributed by atoms with Gasteiger partial charge in [0.25, 0.3) is 0 Å². The molecule has 3 heterocycles. The molecule has 1 atom stereocenters. The van der Waals surface area contributed by atoms with Crippen molar-refractivity contribution in [2.45, 2.75) is 18.9 Å². The topological polar surface area (TPSA) is 76.0 Å². The summed E-state index contributed by atoms with van der Waals surface area (Å²) < 4.78 is 52.9. The minimum absolute atomic E-state index is 0.0147. The normalized spacial score (nSPS) is 21.3. The predicted molar refractivity (Wildman–Crippen MR) is 124 cm³/mol. The fourth-order valence-electron chi connectivity index (χ4n) is 4.24. The Morgan fingerprint density at radius 1 is 1.23 bits per heavy atom.